The maximum atomic E-state index is 6.13. The molecule has 0 spiro atoms. The second-order valence-corrected chi connectivity index (χ2v) is 8.93. The Bertz CT molecular complexity index is 802. The minimum atomic E-state index is 0. The van der Waals surface area contributed by atoms with E-state index in [4.69, 9.17) is 4.74 Å². The Balaban J connectivity index is 0.00000385. The highest BCUT2D eigenvalue weighted by Crippen LogP contribution is 2.16. The molecule has 0 atom stereocenters. The smallest absolute Gasteiger partial charge is 0.191 e. The number of nitrogens with zero attached hydrogens (tertiary/aromatic N) is 4. The van der Waals surface area contributed by atoms with Crippen molar-refractivity contribution in [3.8, 4) is 0 Å². The summed E-state index contributed by atoms with van der Waals surface area (Å²) >= 11 is 0. The van der Waals surface area contributed by atoms with Crippen LogP contribution in [0.5, 0.6) is 0 Å². The van der Waals surface area contributed by atoms with Crippen LogP contribution in [0.4, 0.5) is 0 Å². The SMILES string of the molecule is CN=C(NCCCOC1CCN(Cc2ccccc2)CC1)NCc1nccn1CC(C)C.I. The van der Waals surface area contributed by atoms with Crippen LogP contribution in [0.25, 0.3) is 0 Å². The number of nitrogens with one attached hydrogen (secondary N) is 2. The monoisotopic (exact) mass is 568 g/mol. The number of benzene rings is 1. The minimum Gasteiger partial charge on any atom is -0.378 e. The van der Waals surface area contributed by atoms with E-state index in [9.17, 15) is 0 Å². The van der Waals surface area contributed by atoms with Gasteiger partial charge in [-0.3, -0.25) is 9.89 Å². The minimum absolute atomic E-state index is 0. The third kappa shape index (κ3) is 10.0. The zero-order valence-electron chi connectivity index (χ0n) is 20.4. The lowest BCUT2D eigenvalue weighted by Crippen LogP contribution is -2.39. The van der Waals surface area contributed by atoms with Gasteiger partial charge in [-0.25, -0.2) is 4.98 Å². The standard InChI is InChI=1S/C25H40N6O.HI/c1-21(2)19-31-16-13-27-24(31)18-29-25(26-3)28-12-7-17-32-23-10-14-30(15-11-23)20-22-8-5-4-6-9-22;/h4-6,8-9,13,16,21,23H,7,10-12,14-15,17-20H2,1-3H3,(H2,26,28,29);1H. The fourth-order valence-electron chi connectivity index (χ4n) is 4.05. The van der Waals surface area contributed by atoms with Gasteiger partial charge in [-0.05, 0) is 30.7 Å². The van der Waals surface area contributed by atoms with Gasteiger partial charge in [0.15, 0.2) is 5.96 Å². The number of likely N-dealkylation sites (tertiary alicyclic amines) is 1. The number of hydrogen-bond acceptors (Lipinski definition) is 4. The normalized spacial score (nSPS) is 15.5. The van der Waals surface area contributed by atoms with Crippen molar-refractivity contribution in [3.05, 3.63) is 54.1 Å². The number of aliphatic imine (C=N–C) groups is 1. The molecule has 2 aromatic rings. The molecule has 0 aliphatic carbocycles. The summed E-state index contributed by atoms with van der Waals surface area (Å²) in [5.41, 5.74) is 1.39. The summed E-state index contributed by atoms with van der Waals surface area (Å²) in [6.45, 7) is 11.0. The van der Waals surface area contributed by atoms with Gasteiger partial charge in [-0.15, -0.1) is 24.0 Å². The van der Waals surface area contributed by atoms with Crippen LogP contribution in [0.1, 0.15) is 44.5 Å². The topological polar surface area (TPSA) is 66.7 Å². The molecule has 0 saturated carbocycles. The van der Waals surface area contributed by atoms with Gasteiger partial charge in [0, 0.05) is 58.8 Å². The summed E-state index contributed by atoms with van der Waals surface area (Å²) in [6, 6.07) is 10.7. The molecule has 1 fully saturated rings. The molecule has 1 saturated heterocycles. The first-order valence-corrected chi connectivity index (χ1v) is 12.0. The third-order valence-electron chi connectivity index (χ3n) is 5.75. The number of hydrogen-bond donors (Lipinski definition) is 2. The summed E-state index contributed by atoms with van der Waals surface area (Å²) in [7, 11) is 1.80. The molecule has 2 N–H and O–H groups in total. The molecule has 33 heavy (non-hydrogen) atoms. The second-order valence-electron chi connectivity index (χ2n) is 8.93. The predicted molar refractivity (Wildman–Crippen MR) is 146 cm³/mol. The van der Waals surface area contributed by atoms with Gasteiger partial charge in [0.2, 0.25) is 0 Å². The second kappa shape index (κ2) is 15.3. The summed E-state index contributed by atoms with van der Waals surface area (Å²) in [6.07, 6.45) is 7.49. The van der Waals surface area contributed by atoms with Crippen LogP contribution in [-0.4, -0.2) is 59.8 Å². The van der Waals surface area contributed by atoms with Crippen LogP contribution in [0.15, 0.2) is 47.7 Å². The molecule has 0 radical (unpaired) electrons. The zero-order valence-corrected chi connectivity index (χ0v) is 22.7. The highest BCUT2D eigenvalue weighted by Gasteiger charge is 2.19. The van der Waals surface area contributed by atoms with Crippen molar-refractivity contribution in [1.29, 1.82) is 0 Å². The van der Waals surface area contributed by atoms with Gasteiger partial charge in [0.25, 0.3) is 0 Å². The van der Waals surface area contributed by atoms with Crippen LogP contribution >= 0.6 is 24.0 Å². The molecule has 1 aliphatic rings. The fourth-order valence-corrected chi connectivity index (χ4v) is 4.05. The molecule has 7 nitrogen and oxygen atoms in total. The van der Waals surface area contributed by atoms with Crippen LogP contribution in [0.3, 0.4) is 0 Å². The van der Waals surface area contributed by atoms with Gasteiger partial charge in [-0.1, -0.05) is 44.2 Å². The van der Waals surface area contributed by atoms with Crippen molar-refractivity contribution in [2.75, 3.05) is 33.3 Å². The van der Waals surface area contributed by atoms with E-state index >= 15 is 0 Å². The molecule has 3 rings (SSSR count). The lowest BCUT2D eigenvalue weighted by atomic mass is 10.1. The number of rotatable bonds is 11. The Kier molecular flexibility index (Phi) is 12.8. The van der Waals surface area contributed by atoms with Crippen LogP contribution in [0.2, 0.25) is 0 Å². The quantitative estimate of drug-likeness (QED) is 0.186. The number of halogens is 1. The number of aromatic nitrogens is 2. The lowest BCUT2D eigenvalue weighted by Gasteiger charge is -2.32. The van der Waals surface area contributed by atoms with E-state index in [0.717, 1.165) is 70.4 Å². The number of ether oxygens (including phenoxy) is 1. The number of imidazole rings is 1. The average Bonchev–Trinajstić information content (AvgIpc) is 3.23. The van der Waals surface area contributed by atoms with Crippen LogP contribution < -0.4 is 10.6 Å². The van der Waals surface area contributed by atoms with E-state index in [1.165, 1.54) is 5.56 Å². The van der Waals surface area contributed by atoms with E-state index in [-0.39, 0.29) is 24.0 Å². The number of guanidine groups is 1. The van der Waals surface area contributed by atoms with E-state index in [1.807, 2.05) is 12.4 Å². The van der Waals surface area contributed by atoms with E-state index < -0.39 is 0 Å². The fraction of sp³-hybridized carbons (Fsp3) is 0.600. The van der Waals surface area contributed by atoms with Crippen molar-refractivity contribution in [2.24, 2.45) is 10.9 Å². The predicted octanol–water partition coefficient (Wildman–Crippen LogP) is 3.89. The molecule has 0 bridgehead atoms. The Morgan fingerprint density at radius 1 is 1.18 bits per heavy atom. The van der Waals surface area contributed by atoms with Gasteiger partial charge < -0.3 is 19.9 Å². The Hall–Kier alpha value is -1.65. The maximum Gasteiger partial charge on any atom is 0.191 e. The first-order chi connectivity index (χ1) is 15.6. The third-order valence-corrected chi connectivity index (χ3v) is 5.75. The molecule has 1 aromatic heterocycles. The van der Waals surface area contributed by atoms with Crippen molar-refractivity contribution >= 4 is 29.9 Å². The van der Waals surface area contributed by atoms with Crippen molar-refractivity contribution in [1.82, 2.24) is 25.1 Å². The average molecular weight is 569 g/mol. The Morgan fingerprint density at radius 2 is 1.94 bits per heavy atom. The van der Waals surface area contributed by atoms with Gasteiger partial charge in [0.05, 0.1) is 12.6 Å². The highest BCUT2D eigenvalue weighted by molar-refractivity contribution is 14.0. The van der Waals surface area contributed by atoms with E-state index in [2.05, 4.69) is 74.3 Å². The van der Waals surface area contributed by atoms with Crippen molar-refractivity contribution in [2.45, 2.75) is 58.8 Å². The molecule has 0 unspecified atom stereocenters. The molecule has 184 valence electrons. The zero-order chi connectivity index (χ0) is 22.6. The molecule has 1 aromatic carbocycles. The van der Waals surface area contributed by atoms with Crippen LogP contribution in [-0.2, 0) is 24.4 Å². The van der Waals surface area contributed by atoms with E-state index in [0.29, 0.717) is 18.6 Å². The van der Waals surface area contributed by atoms with E-state index in [1.54, 1.807) is 7.05 Å². The first-order valence-electron chi connectivity index (χ1n) is 12.0. The van der Waals surface area contributed by atoms with Crippen molar-refractivity contribution < 1.29 is 4.74 Å². The molecule has 8 heteroatoms. The molecular weight excluding hydrogens is 527 g/mol. The highest BCUT2D eigenvalue weighted by atomic mass is 127. The maximum absolute atomic E-state index is 6.13. The van der Waals surface area contributed by atoms with Crippen molar-refractivity contribution in [3.63, 3.8) is 0 Å². The largest absolute Gasteiger partial charge is 0.378 e. The lowest BCUT2D eigenvalue weighted by molar-refractivity contribution is 0.00534. The molecule has 1 aliphatic heterocycles. The summed E-state index contributed by atoms with van der Waals surface area (Å²) < 4.78 is 8.33. The summed E-state index contributed by atoms with van der Waals surface area (Å²) in [4.78, 5) is 11.3. The summed E-state index contributed by atoms with van der Waals surface area (Å²) in [5.74, 6) is 2.43. The Morgan fingerprint density at radius 3 is 2.64 bits per heavy atom. The molecule has 2 heterocycles. The van der Waals surface area contributed by atoms with Gasteiger partial charge in [-0.2, -0.15) is 0 Å². The Labute approximate surface area is 216 Å². The molecule has 0 amide bonds. The summed E-state index contributed by atoms with van der Waals surface area (Å²) in [5, 5.41) is 6.74. The number of piperidine rings is 1. The van der Waals surface area contributed by atoms with Crippen LogP contribution in [0, 0.1) is 5.92 Å². The molecular formula is C25H41IN6O. The first kappa shape index (κ1) is 27.6. The van der Waals surface area contributed by atoms with Gasteiger partial charge >= 0.3 is 0 Å². The van der Waals surface area contributed by atoms with Gasteiger partial charge in [0.1, 0.15) is 5.82 Å².